The van der Waals surface area contributed by atoms with E-state index >= 15 is 0 Å². The average Bonchev–Trinajstić information content (AvgIpc) is 2.11. The summed E-state index contributed by atoms with van der Waals surface area (Å²) in [4.78, 5) is 2.51. The molecule has 0 aromatic carbocycles. The number of likely N-dealkylation sites (N-methyl/N-ethyl adjacent to an activating group) is 2. The van der Waals surface area contributed by atoms with Gasteiger partial charge in [-0.25, -0.2) is 0 Å². The smallest absolute Gasteiger partial charge is 0.0107 e. The van der Waals surface area contributed by atoms with Crippen LogP contribution in [0.15, 0.2) is 0 Å². The van der Waals surface area contributed by atoms with Gasteiger partial charge in [-0.3, -0.25) is 0 Å². The first-order valence-corrected chi connectivity index (χ1v) is 5.22. The highest BCUT2D eigenvalue weighted by Crippen LogP contribution is 1.97. The molecule has 0 aliphatic carbocycles. The maximum atomic E-state index is 3.18. The van der Waals surface area contributed by atoms with E-state index in [4.69, 9.17) is 0 Å². The van der Waals surface area contributed by atoms with Crippen molar-refractivity contribution in [3.63, 3.8) is 0 Å². The molecule has 0 spiro atoms. The Kier molecular flexibility index (Phi) is 8.95. The summed E-state index contributed by atoms with van der Waals surface area (Å²) in [6, 6.07) is 0. The SMILES string of the molecule is CCCCCN(CC)CCNC.[HH]. The Morgan fingerprint density at radius 1 is 1.17 bits per heavy atom. The summed E-state index contributed by atoms with van der Waals surface area (Å²) in [5.41, 5.74) is 0. The van der Waals surface area contributed by atoms with Crippen molar-refractivity contribution in [3.8, 4) is 0 Å². The molecule has 0 saturated carbocycles. The lowest BCUT2D eigenvalue weighted by Gasteiger charge is -2.19. The summed E-state index contributed by atoms with van der Waals surface area (Å²) < 4.78 is 0. The molecule has 0 radical (unpaired) electrons. The van der Waals surface area contributed by atoms with E-state index in [1.54, 1.807) is 0 Å². The Morgan fingerprint density at radius 2 is 1.92 bits per heavy atom. The van der Waals surface area contributed by atoms with Gasteiger partial charge in [-0.2, -0.15) is 0 Å². The third-order valence-corrected chi connectivity index (χ3v) is 2.20. The van der Waals surface area contributed by atoms with Crippen molar-refractivity contribution in [1.29, 1.82) is 0 Å². The van der Waals surface area contributed by atoms with Gasteiger partial charge in [0.15, 0.2) is 0 Å². The molecule has 0 bridgehead atoms. The van der Waals surface area contributed by atoms with Crippen LogP contribution in [0.1, 0.15) is 34.5 Å². The lowest BCUT2D eigenvalue weighted by Crippen LogP contribution is -2.31. The minimum absolute atomic E-state index is 0. The standard InChI is InChI=1S/C10H24N2.H2/c1-4-6-7-9-12(5-2)10-8-11-3;/h11H,4-10H2,1-3H3;1H. The van der Waals surface area contributed by atoms with Crippen LogP contribution < -0.4 is 5.32 Å². The molecule has 0 saturated heterocycles. The second kappa shape index (κ2) is 9.01. The lowest BCUT2D eigenvalue weighted by molar-refractivity contribution is 0.283. The minimum Gasteiger partial charge on any atom is -0.318 e. The van der Waals surface area contributed by atoms with Crippen LogP contribution in [-0.2, 0) is 0 Å². The summed E-state index contributed by atoms with van der Waals surface area (Å²) >= 11 is 0. The highest BCUT2D eigenvalue weighted by atomic mass is 15.1. The molecule has 1 N–H and O–H groups in total. The van der Waals surface area contributed by atoms with Gasteiger partial charge >= 0.3 is 0 Å². The van der Waals surface area contributed by atoms with E-state index in [0.29, 0.717) is 0 Å². The Morgan fingerprint density at radius 3 is 2.42 bits per heavy atom. The van der Waals surface area contributed by atoms with Crippen LogP contribution in [0.3, 0.4) is 0 Å². The van der Waals surface area contributed by atoms with E-state index in [1.807, 2.05) is 7.05 Å². The van der Waals surface area contributed by atoms with Gasteiger partial charge in [-0.05, 0) is 26.6 Å². The Hall–Kier alpha value is -0.0800. The second-order valence-corrected chi connectivity index (χ2v) is 3.24. The van der Waals surface area contributed by atoms with Gasteiger partial charge in [-0.15, -0.1) is 0 Å². The predicted octanol–water partition coefficient (Wildman–Crippen LogP) is 1.96. The molecule has 0 heterocycles. The van der Waals surface area contributed by atoms with Crippen LogP contribution in [0.25, 0.3) is 0 Å². The van der Waals surface area contributed by atoms with Crippen LogP contribution in [0.5, 0.6) is 0 Å². The third-order valence-electron chi connectivity index (χ3n) is 2.20. The van der Waals surface area contributed by atoms with E-state index in [-0.39, 0.29) is 1.43 Å². The van der Waals surface area contributed by atoms with E-state index in [0.717, 1.165) is 6.54 Å². The van der Waals surface area contributed by atoms with Gasteiger partial charge in [0.1, 0.15) is 0 Å². The quantitative estimate of drug-likeness (QED) is 0.566. The van der Waals surface area contributed by atoms with Crippen molar-refractivity contribution in [2.45, 2.75) is 33.1 Å². The highest BCUT2D eigenvalue weighted by Gasteiger charge is 1.99. The van der Waals surface area contributed by atoms with Crippen molar-refractivity contribution in [2.75, 3.05) is 33.2 Å². The Labute approximate surface area is 78.8 Å². The highest BCUT2D eigenvalue weighted by molar-refractivity contribution is 4.56. The van der Waals surface area contributed by atoms with Crippen molar-refractivity contribution in [2.24, 2.45) is 0 Å². The van der Waals surface area contributed by atoms with E-state index in [9.17, 15) is 0 Å². The third kappa shape index (κ3) is 6.62. The molecular formula is C10H26N2. The fourth-order valence-electron chi connectivity index (χ4n) is 1.28. The average molecular weight is 174 g/mol. The fourth-order valence-corrected chi connectivity index (χ4v) is 1.28. The minimum atomic E-state index is 0. The van der Waals surface area contributed by atoms with Crippen molar-refractivity contribution in [3.05, 3.63) is 0 Å². The molecule has 0 fully saturated rings. The van der Waals surface area contributed by atoms with Gasteiger partial charge in [-0.1, -0.05) is 26.7 Å². The molecule has 76 valence electrons. The largest absolute Gasteiger partial charge is 0.318 e. The van der Waals surface area contributed by atoms with E-state index < -0.39 is 0 Å². The van der Waals surface area contributed by atoms with Gasteiger partial charge in [0.2, 0.25) is 0 Å². The topological polar surface area (TPSA) is 15.3 Å². The molecule has 0 unspecified atom stereocenters. The van der Waals surface area contributed by atoms with Gasteiger partial charge < -0.3 is 10.2 Å². The van der Waals surface area contributed by atoms with Gasteiger partial charge in [0, 0.05) is 14.5 Å². The Bertz CT molecular complexity index is 89.0. The maximum absolute atomic E-state index is 3.18. The summed E-state index contributed by atoms with van der Waals surface area (Å²) in [7, 11) is 2.01. The van der Waals surface area contributed by atoms with Crippen LogP contribution in [0, 0.1) is 0 Å². The molecule has 12 heavy (non-hydrogen) atoms. The van der Waals surface area contributed by atoms with E-state index in [2.05, 4.69) is 24.1 Å². The number of hydrogen-bond acceptors (Lipinski definition) is 2. The van der Waals surface area contributed by atoms with Crippen molar-refractivity contribution < 1.29 is 1.43 Å². The Balaban J connectivity index is 0. The van der Waals surface area contributed by atoms with Crippen LogP contribution in [-0.4, -0.2) is 38.1 Å². The molecule has 0 aliphatic heterocycles. The molecule has 0 aromatic rings. The first kappa shape index (κ1) is 11.9. The first-order valence-electron chi connectivity index (χ1n) is 5.22. The van der Waals surface area contributed by atoms with E-state index in [1.165, 1.54) is 38.9 Å². The summed E-state index contributed by atoms with van der Waals surface area (Å²) in [6.07, 6.45) is 4.05. The van der Waals surface area contributed by atoms with Crippen LogP contribution in [0.2, 0.25) is 0 Å². The number of nitrogens with one attached hydrogen (secondary N) is 1. The zero-order chi connectivity index (χ0) is 9.23. The zero-order valence-corrected chi connectivity index (χ0v) is 8.90. The number of unbranched alkanes of at least 4 members (excludes halogenated alkanes) is 2. The molecule has 2 nitrogen and oxygen atoms in total. The summed E-state index contributed by atoms with van der Waals surface area (Å²) in [5.74, 6) is 0. The summed E-state index contributed by atoms with van der Waals surface area (Å²) in [5, 5.41) is 3.18. The van der Waals surface area contributed by atoms with Gasteiger partial charge in [0.25, 0.3) is 0 Å². The molecule has 0 amide bonds. The van der Waals surface area contributed by atoms with Crippen LogP contribution in [0.4, 0.5) is 0 Å². The first-order chi connectivity index (χ1) is 5.85. The van der Waals surface area contributed by atoms with Crippen molar-refractivity contribution in [1.82, 2.24) is 10.2 Å². The number of rotatable bonds is 8. The zero-order valence-electron chi connectivity index (χ0n) is 8.90. The molecular weight excluding hydrogens is 148 g/mol. The molecule has 0 atom stereocenters. The lowest BCUT2D eigenvalue weighted by atomic mass is 10.2. The molecule has 2 heteroatoms. The summed E-state index contributed by atoms with van der Waals surface area (Å²) in [6.45, 7) is 9.25. The van der Waals surface area contributed by atoms with Gasteiger partial charge in [0.05, 0.1) is 0 Å². The molecule has 0 aliphatic rings. The maximum Gasteiger partial charge on any atom is 0.0107 e. The molecule has 0 aromatic heterocycles. The van der Waals surface area contributed by atoms with Crippen molar-refractivity contribution >= 4 is 0 Å². The fraction of sp³-hybridized carbons (Fsp3) is 1.00. The second-order valence-electron chi connectivity index (χ2n) is 3.24. The predicted molar refractivity (Wildman–Crippen MR) is 57.7 cm³/mol. The number of nitrogens with zero attached hydrogens (tertiary/aromatic N) is 1. The normalized spacial score (nSPS) is 11.0. The monoisotopic (exact) mass is 174 g/mol. The molecule has 0 rings (SSSR count). The van der Waals surface area contributed by atoms with Crippen LogP contribution >= 0.6 is 0 Å². The number of hydrogen-bond donors (Lipinski definition) is 1.